The van der Waals surface area contributed by atoms with Gasteiger partial charge in [-0.25, -0.2) is 0 Å². The first-order valence-electron chi connectivity index (χ1n) is 7.33. The predicted octanol–water partition coefficient (Wildman–Crippen LogP) is 3.11. The van der Waals surface area contributed by atoms with Crippen molar-refractivity contribution >= 4 is 5.78 Å². The van der Waals surface area contributed by atoms with Crippen molar-refractivity contribution in [3.05, 3.63) is 0 Å². The molecule has 17 heavy (non-hydrogen) atoms. The molecule has 0 N–H and O–H groups in total. The molecule has 2 saturated carbocycles. The Morgan fingerprint density at radius 2 is 2.06 bits per heavy atom. The molecule has 0 radical (unpaired) electrons. The monoisotopic (exact) mass is 237 g/mol. The van der Waals surface area contributed by atoms with E-state index in [-0.39, 0.29) is 0 Å². The van der Waals surface area contributed by atoms with E-state index in [1.807, 2.05) is 0 Å². The Morgan fingerprint density at radius 3 is 2.65 bits per heavy atom. The Bertz CT molecular complexity index is 264. The molecule has 2 aliphatic rings. The van der Waals surface area contributed by atoms with Crippen molar-refractivity contribution in [1.29, 1.82) is 0 Å². The summed E-state index contributed by atoms with van der Waals surface area (Å²) in [5.74, 6) is 3.42. The van der Waals surface area contributed by atoms with Crippen LogP contribution in [0.15, 0.2) is 0 Å². The van der Waals surface area contributed by atoms with Gasteiger partial charge in [-0.15, -0.1) is 0 Å². The molecule has 0 saturated heterocycles. The molecule has 3 unspecified atom stereocenters. The van der Waals surface area contributed by atoms with Crippen molar-refractivity contribution < 1.29 is 4.79 Å². The summed E-state index contributed by atoms with van der Waals surface area (Å²) in [6.07, 6.45) is 9.01. The Balaban J connectivity index is 1.58. The third-order valence-electron chi connectivity index (χ3n) is 4.75. The van der Waals surface area contributed by atoms with Crippen molar-refractivity contribution in [3.8, 4) is 0 Å². The van der Waals surface area contributed by atoms with Crippen molar-refractivity contribution in [2.24, 2.45) is 17.8 Å². The Kier molecular flexibility index (Phi) is 4.61. The minimum atomic E-state index is 0.334. The number of nitrogens with zero attached hydrogens (tertiary/aromatic N) is 1. The van der Waals surface area contributed by atoms with Gasteiger partial charge in [0, 0.05) is 13.0 Å². The number of carbonyl (C=O) groups excluding carboxylic acids is 1. The van der Waals surface area contributed by atoms with Crippen LogP contribution in [0.2, 0.25) is 0 Å². The number of unbranched alkanes of at least 4 members (excludes halogenated alkanes) is 1. The Morgan fingerprint density at radius 1 is 1.24 bits per heavy atom. The van der Waals surface area contributed by atoms with E-state index in [4.69, 9.17) is 0 Å². The normalized spacial score (nSPS) is 31.4. The molecule has 98 valence electrons. The van der Waals surface area contributed by atoms with Crippen LogP contribution in [0.3, 0.4) is 0 Å². The summed E-state index contributed by atoms with van der Waals surface area (Å²) in [5.41, 5.74) is 0. The number of Topliss-reactive ketones (excluding diaryl/α,β-unsaturated/α-hetero) is 1. The molecular weight excluding hydrogens is 210 g/mol. The fourth-order valence-corrected chi connectivity index (χ4v) is 3.85. The number of hydrogen-bond donors (Lipinski definition) is 0. The van der Waals surface area contributed by atoms with Gasteiger partial charge in [0.15, 0.2) is 0 Å². The van der Waals surface area contributed by atoms with Gasteiger partial charge in [-0.1, -0.05) is 6.42 Å². The topological polar surface area (TPSA) is 20.3 Å². The van der Waals surface area contributed by atoms with Gasteiger partial charge in [-0.05, 0) is 70.4 Å². The van der Waals surface area contributed by atoms with Crippen LogP contribution in [0.25, 0.3) is 0 Å². The van der Waals surface area contributed by atoms with Gasteiger partial charge in [0.2, 0.25) is 0 Å². The average Bonchev–Trinajstić information content (AvgIpc) is 2.86. The van der Waals surface area contributed by atoms with Gasteiger partial charge in [-0.3, -0.25) is 0 Å². The largest absolute Gasteiger partial charge is 0.306 e. The lowest BCUT2D eigenvalue weighted by Crippen LogP contribution is -2.29. The predicted molar refractivity (Wildman–Crippen MR) is 71.0 cm³/mol. The van der Waals surface area contributed by atoms with Crippen LogP contribution in [-0.4, -0.2) is 30.8 Å². The van der Waals surface area contributed by atoms with E-state index >= 15 is 0 Å². The van der Waals surface area contributed by atoms with Crippen molar-refractivity contribution in [1.82, 2.24) is 4.90 Å². The lowest BCUT2D eigenvalue weighted by molar-refractivity contribution is -0.117. The third-order valence-corrected chi connectivity index (χ3v) is 4.75. The summed E-state index contributed by atoms with van der Waals surface area (Å²) in [6.45, 7) is 4.15. The van der Waals surface area contributed by atoms with Crippen molar-refractivity contribution in [2.45, 2.75) is 51.9 Å². The summed E-state index contributed by atoms with van der Waals surface area (Å²) >= 11 is 0. The van der Waals surface area contributed by atoms with E-state index in [0.29, 0.717) is 5.78 Å². The minimum Gasteiger partial charge on any atom is -0.306 e. The zero-order valence-electron chi connectivity index (χ0n) is 11.5. The molecule has 2 rings (SSSR count). The number of ketones is 1. The van der Waals surface area contributed by atoms with Gasteiger partial charge in [0.25, 0.3) is 0 Å². The summed E-state index contributed by atoms with van der Waals surface area (Å²) in [6, 6.07) is 0. The molecule has 0 aromatic heterocycles. The van der Waals surface area contributed by atoms with Crippen molar-refractivity contribution in [2.75, 3.05) is 20.1 Å². The number of hydrogen-bond acceptors (Lipinski definition) is 2. The van der Waals surface area contributed by atoms with Crippen LogP contribution in [0.4, 0.5) is 0 Å². The molecule has 2 nitrogen and oxygen atoms in total. The van der Waals surface area contributed by atoms with Gasteiger partial charge in [0.1, 0.15) is 5.78 Å². The van der Waals surface area contributed by atoms with Crippen LogP contribution < -0.4 is 0 Å². The molecule has 2 heteroatoms. The minimum absolute atomic E-state index is 0.334. The maximum absolute atomic E-state index is 10.8. The summed E-state index contributed by atoms with van der Waals surface area (Å²) in [7, 11) is 2.25. The van der Waals surface area contributed by atoms with E-state index < -0.39 is 0 Å². The fourth-order valence-electron chi connectivity index (χ4n) is 3.85. The van der Waals surface area contributed by atoms with Crippen LogP contribution in [0.1, 0.15) is 51.9 Å². The molecule has 2 bridgehead atoms. The maximum atomic E-state index is 10.8. The van der Waals surface area contributed by atoms with E-state index in [1.54, 1.807) is 6.92 Å². The smallest absolute Gasteiger partial charge is 0.129 e. The van der Waals surface area contributed by atoms with E-state index in [1.165, 1.54) is 45.2 Å². The zero-order chi connectivity index (χ0) is 12.3. The highest BCUT2D eigenvalue weighted by Gasteiger charge is 2.39. The van der Waals surface area contributed by atoms with E-state index in [9.17, 15) is 4.79 Å². The second kappa shape index (κ2) is 5.99. The molecular formula is C15H27NO. The van der Waals surface area contributed by atoms with Gasteiger partial charge in [-0.2, -0.15) is 0 Å². The second-order valence-electron chi connectivity index (χ2n) is 6.36. The fraction of sp³-hybridized carbons (Fsp3) is 0.933. The number of carbonyl (C=O) groups is 1. The van der Waals surface area contributed by atoms with E-state index in [0.717, 1.165) is 30.6 Å². The molecule has 0 aromatic rings. The van der Waals surface area contributed by atoms with E-state index in [2.05, 4.69) is 11.9 Å². The lowest BCUT2D eigenvalue weighted by Gasteiger charge is -2.27. The standard InChI is InChI=1S/C15H27NO/c1-12(17)5-3-4-8-16(2)11-15-10-13-6-7-14(15)9-13/h13-15H,3-11H2,1-2H3. The molecule has 2 fully saturated rings. The first kappa shape index (κ1) is 13.1. The molecule has 0 spiro atoms. The summed E-state index contributed by atoms with van der Waals surface area (Å²) in [5, 5.41) is 0. The SMILES string of the molecule is CC(=O)CCCCN(C)CC1CC2CCC1C2. The van der Waals surface area contributed by atoms with Crippen molar-refractivity contribution in [3.63, 3.8) is 0 Å². The molecule has 0 amide bonds. The van der Waals surface area contributed by atoms with Gasteiger partial charge >= 0.3 is 0 Å². The summed E-state index contributed by atoms with van der Waals surface area (Å²) < 4.78 is 0. The number of rotatable bonds is 7. The highest BCUT2D eigenvalue weighted by Crippen LogP contribution is 2.48. The molecule has 3 atom stereocenters. The molecule has 0 aromatic carbocycles. The third kappa shape index (κ3) is 3.80. The average molecular weight is 237 g/mol. The zero-order valence-corrected chi connectivity index (χ0v) is 11.5. The Labute approximate surface area is 106 Å². The van der Waals surface area contributed by atoms with Crippen LogP contribution in [0.5, 0.6) is 0 Å². The van der Waals surface area contributed by atoms with Crippen LogP contribution in [-0.2, 0) is 4.79 Å². The van der Waals surface area contributed by atoms with Crippen LogP contribution in [0, 0.1) is 17.8 Å². The molecule has 2 aliphatic carbocycles. The van der Waals surface area contributed by atoms with Crippen LogP contribution >= 0.6 is 0 Å². The number of fused-ring (bicyclic) bond motifs is 2. The molecule has 0 aliphatic heterocycles. The first-order chi connectivity index (χ1) is 8.15. The first-order valence-corrected chi connectivity index (χ1v) is 7.33. The quantitative estimate of drug-likeness (QED) is 0.634. The lowest BCUT2D eigenvalue weighted by atomic mass is 9.88. The van der Waals surface area contributed by atoms with Gasteiger partial charge in [0.05, 0.1) is 0 Å². The molecule has 0 heterocycles. The highest BCUT2D eigenvalue weighted by atomic mass is 16.1. The summed E-state index contributed by atoms with van der Waals surface area (Å²) in [4.78, 5) is 13.3. The van der Waals surface area contributed by atoms with Gasteiger partial charge < -0.3 is 9.69 Å². The highest BCUT2D eigenvalue weighted by molar-refractivity contribution is 5.75. The Hall–Kier alpha value is -0.370. The maximum Gasteiger partial charge on any atom is 0.129 e. The second-order valence-corrected chi connectivity index (χ2v) is 6.36.